The second-order valence-corrected chi connectivity index (χ2v) is 4.46. The van der Waals surface area contributed by atoms with Crippen molar-refractivity contribution in [1.29, 1.82) is 0 Å². The Morgan fingerprint density at radius 2 is 1.88 bits per heavy atom. The summed E-state index contributed by atoms with van der Waals surface area (Å²) in [7, 11) is 0. The fourth-order valence-electron chi connectivity index (χ4n) is 2.04. The van der Waals surface area contributed by atoms with Gasteiger partial charge in [-0.3, -0.25) is 0 Å². The van der Waals surface area contributed by atoms with Gasteiger partial charge in [0.25, 0.3) is 0 Å². The highest BCUT2D eigenvalue weighted by atomic mass is 35.5. The molecule has 2 aromatic carbocycles. The van der Waals surface area contributed by atoms with E-state index in [2.05, 4.69) is 4.98 Å². The van der Waals surface area contributed by atoms with Crippen molar-refractivity contribution in [3.8, 4) is 0 Å². The van der Waals surface area contributed by atoms with E-state index >= 15 is 0 Å². The molecule has 0 saturated heterocycles. The fraction of sp³-hybridized carbons (Fsp3) is 0.0714. The summed E-state index contributed by atoms with van der Waals surface area (Å²) in [5.74, 6) is -0.326. The molecule has 0 aliphatic heterocycles. The molecule has 0 aliphatic rings. The van der Waals surface area contributed by atoms with Crippen LogP contribution in [0.25, 0.3) is 21.8 Å². The van der Waals surface area contributed by atoms with Gasteiger partial charge in [0.15, 0.2) is 0 Å². The number of halogens is 2. The minimum atomic E-state index is -0.326. The Labute approximate surface area is 103 Å². The van der Waals surface area contributed by atoms with Crippen LogP contribution in [-0.2, 0) is 0 Å². The van der Waals surface area contributed by atoms with Gasteiger partial charge in [-0.1, -0.05) is 29.8 Å². The van der Waals surface area contributed by atoms with Crippen LogP contribution in [0.5, 0.6) is 0 Å². The summed E-state index contributed by atoms with van der Waals surface area (Å²) in [6, 6.07) is 10.8. The number of hydrogen-bond donors (Lipinski definition) is 0. The molecular weight excluding hydrogens is 237 g/mol. The van der Waals surface area contributed by atoms with Gasteiger partial charge in [0, 0.05) is 10.8 Å². The Morgan fingerprint density at radius 1 is 1.12 bits per heavy atom. The van der Waals surface area contributed by atoms with Crippen molar-refractivity contribution in [3.05, 3.63) is 52.8 Å². The van der Waals surface area contributed by atoms with Gasteiger partial charge in [0.05, 0.1) is 10.5 Å². The molecule has 0 atom stereocenters. The first-order valence-electron chi connectivity index (χ1n) is 5.31. The largest absolute Gasteiger partial charge is 0.245 e. The maximum atomic E-state index is 13.8. The SMILES string of the molecule is Cc1cc(F)c2nc3ccccc3c(Cl)c2c1. The third-order valence-corrected chi connectivity index (χ3v) is 3.22. The topological polar surface area (TPSA) is 12.9 Å². The molecule has 1 nitrogen and oxygen atoms in total. The van der Waals surface area contributed by atoms with E-state index in [0.717, 1.165) is 10.9 Å². The van der Waals surface area contributed by atoms with Crippen molar-refractivity contribution in [2.24, 2.45) is 0 Å². The highest BCUT2D eigenvalue weighted by Gasteiger charge is 2.10. The van der Waals surface area contributed by atoms with Crippen LogP contribution in [0, 0.1) is 12.7 Å². The van der Waals surface area contributed by atoms with E-state index in [-0.39, 0.29) is 5.82 Å². The first-order valence-corrected chi connectivity index (χ1v) is 5.69. The molecule has 1 aromatic heterocycles. The Kier molecular flexibility index (Phi) is 2.26. The molecule has 0 aliphatic carbocycles. The average molecular weight is 246 g/mol. The molecule has 84 valence electrons. The molecule has 3 heteroatoms. The number of aromatic nitrogens is 1. The number of aryl methyl sites for hydroxylation is 1. The van der Waals surface area contributed by atoms with Crippen LogP contribution < -0.4 is 0 Å². The molecule has 0 amide bonds. The molecule has 3 rings (SSSR count). The van der Waals surface area contributed by atoms with Gasteiger partial charge in [-0.05, 0) is 30.7 Å². The van der Waals surface area contributed by atoms with E-state index in [4.69, 9.17) is 11.6 Å². The summed E-state index contributed by atoms with van der Waals surface area (Å²) >= 11 is 6.31. The minimum absolute atomic E-state index is 0.326. The molecule has 3 aromatic rings. The number of para-hydroxylation sites is 1. The Balaban J connectivity index is 2.59. The lowest BCUT2D eigenvalue weighted by atomic mass is 10.1. The number of pyridine rings is 1. The van der Waals surface area contributed by atoms with Crippen molar-refractivity contribution in [1.82, 2.24) is 4.98 Å². The summed E-state index contributed by atoms with van der Waals surface area (Å²) < 4.78 is 13.8. The number of rotatable bonds is 0. The van der Waals surface area contributed by atoms with E-state index < -0.39 is 0 Å². The third kappa shape index (κ3) is 1.56. The van der Waals surface area contributed by atoms with Gasteiger partial charge in [-0.2, -0.15) is 0 Å². The van der Waals surface area contributed by atoms with Gasteiger partial charge in [-0.25, -0.2) is 9.37 Å². The highest BCUT2D eigenvalue weighted by molar-refractivity contribution is 6.40. The number of nitrogens with zero attached hydrogens (tertiary/aromatic N) is 1. The van der Waals surface area contributed by atoms with E-state index in [1.165, 1.54) is 6.07 Å². The minimum Gasteiger partial charge on any atom is -0.245 e. The zero-order valence-corrected chi connectivity index (χ0v) is 9.92. The summed E-state index contributed by atoms with van der Waals surface area (Å²) in [4.78, 5) is 4.32. The van der Waals surface area contributed by atoms with Crippen molar-refractivity contribution in [2.45, 2.75) is 6.92 Å². The number of benzene rings is 2. The van der Waals surface area contributed by atoms with Gasteiger partial charge in [0.2, 0.25) is 0 Å². The lowest BCUT2D eigenvalue weighted by Crippen LogP contribution is -1.89. The standard InChI is InChI=1S/C14H9ClFN/c1-8-6-10-13(15)9-4-2-3-5-12(9)17-14(10)11(16)7-8/h2-7H,1H3. The zero-order chi connectivity index (χ0) is 12.0. The molecule has 0 spiro atoms. The maximum Gasteiger partial charge on any atom is 0.149 e. The highest BCUT2D eigenvalue weighted by Crippen LogP contribution is 2.31. The average Bonchev–Trinajstić information content (AvgIpc) is 2.31. The normalized spacial score (nSPS) is 11.2. The van der Waals surface area contributed by atoms with Crippen LogP contribution in [0.1, 0.15) is 5.56 Å². The quantitative estimate of drug-likeness (QED) is 0.532. The molecule has 0 saturated carbocycles. The molecule has 0 N–H and O–H groups in total. The smallest absolute Gasteiger partial charge is 0.149 e. The zero-order valence-electron chi connectivity index (χ0n) is 9.17. The number of hydrogen-bond acceptors (Lipinski definition) is 1. The molecule has 17 heavy (non-hydrogen) atoms. The number of fused-ring (bicyclic) bond motifs is 2. The lowest BCUT2D eigenvalue weighted by Gasteiger charge is -2.06. The van der Waals surface area contributed by atoms with Crippen LogP contribution in [0.15, 0.2) is 36.4 Å². The first-order chi connectivity index (χ1) is 8.16. The fourth-order valence-corrected chi connectivity index (χ4v) is 2.34. The monoisotopic (exact) mass is 245 g/mol. The van der Waals surface area contributed by atoms with Gasteiger partial charge in [-0.15, -0.1) is 0 Å². The van der Waals surface area contributed by atoms with E-state index in [1.54, 1.807) is 0 Å². The van der Waals surface area contributed by atoms with E-state index in [9.17, 15) is 4.39 Å². The van der Waals surface area contributed by atoms with Crippen molar-refractivity contribution < 1.29 is 4.39 Å². The van der Waals surface area contributed by atoms with Crippen LogP contribution in [0.4, 0.5) is 4.39 Å². The molecular formula is C14H9ClFN. The van der Waals surface area contributed by atoms with Crippen LogP contribution >= 0.6 is 11.6 Å². The lowest BCUT2D eigenvalue weighted by molar-refractivity contribution is 0.636. The van der Waals surface area contributed by atoms with Crippen molar-refractivity contribution in [3.63, 3.8) is 0 Å². The molecule has 0 fully saturated rings. The predicted molar refractivity (Wildman–Crippen MR) is 69.0 cm³/mol. The predicted octanol–water partition coefficient (Wildman–Crippen LogP) is 4.49. The van der Waals surface area contributed by atoms with Crippen LogP contribution in [-0.4, -0.2) is 4.98 Å². The Hall–Kier alpha value is -1.67. The molecule has 1 heterocycles. The van der Waals surface area contributed by atoms with Crippen molar-refractivity contribution in [2.75, 3.05) is 0 Å². The van der Waals surface area contributed by atoms with Gasteiger partial charge >= 0.3 is 0 Å². The summed E-state index contributed by atoms with van der Waals surface area (Å²) in [6.45, 7) is 1.84. The second-order valence-electron chi connectivity index (χ2n) is 4.09. The Morgan fingerprint density at radius 3 is 2.71 bits per heavy atom. The first kappa shape index (κ1) is 10.5. The van der Waals surface area contributed by atoms with E-state index in [1.807, 2.05) is 37.3 Å². The third-order valence-electron chi connectivity index (χ3n) is 2.82. The molecule has 0 radical (unpaired) electrons. The van der Waals surface area contributed by atoms with Gasteiger partial charge < -0.3 is 0 Å². The van der Waals surface area contributed by atoms with Crippen molar-refractivity contribution >= 4 is 33.4 Å². The van der Waals surface area contributed by atoms with E-state index in [0.29, 0.717) is 21.4 Å². The van der Waals surface area contributed by atoms with Crippen LogP contribution in [0.3, 0.4) is 0 Å². The summed E-state index contributed by atoms with van der Waals surface area (Å²) in [5.41, 5.74) is 1.89. The molecule has 0 bridgehead atoms. The molecule has 0 unspecified atom stereocenters. The maximum absolute atomic E-state index is 13.8. The second kappa shape index (κ2) is 3.67. The summed E-state index contributed by atoms with van der Waals surface area (Å²) in [5, 5.41) is 2.09. The van der Waals surface area contributed by atoms with Crippen LogP contribution in [0.2, 0.25) is 5.02 Å². The Bertz CT molecular complexity index is 737. The van der Waals surface area contributed by atoms with Gasteiger partial charge in [0.1, 0.15) is 11.3 Å². The summed E-state index contributed by atoms with van der Waals surface area (Å²) in [6.07, 6.45) is 0.